The van der Waals surface area contributed by atoms with E-state index in [2.05, 4.69) is 5.32 Å². The zero-order valence-corrected chi connectivity index (χ0v) is 10.5. The van der Waals surface area contributed by atoms with Crippen molar-refractivity contribution in [3.05, 3.63) is 23.3 Å². The van der Waals surface area contributed by atoms with E-state index in [0.717, 1.165) is 37.1 Å². The van der Waals surface area contributed by atoms with E-state index in [4.69, 9.17) is 20.1 Å². The van der Waals surface area contributed by atoms with Crippen LogP contribution in [0.2, 0.25) is 0 Å². The number of rotatable bonds is 3. The monoisotopic (exact) mass is 255 g/mol. The van der Waals surface area contributed by atoms with Gasteiger partial charge in [-0.25, -0.2) is 0 Å². The molecule has 0 aliphatic carbocycles. The Morgan fingerprint density at radius 1 is 1.44 bits per heavy atom. The van der Waals surface area contributed by atoms with Crippen molar-refractivity contribution in [3.8, 4) is 5.75 Å². The third kappa shape index (κ3) is 2.96. The molecule has 1 fully saturated rings. The fraction of sp³-hybridized carbons (Fsp3) is 0.600. The molecule has 1 aliphatic heterocycles. The lowest BCUT2D eigenvalue weighted by molar-refractivity contribution is 0.243. The summed E-state index contributed by atoms with van der Waals surface area (Å²) in [5, 5.41) is 3.27. The van der Waals surface area contributed by atoms with Crippen LogP contribution in [0.25, 0.3) is 0 Å². The molecule has 0 unspecified atom stereocenters. The van der Waals surface area contributed by atoms with Crippen molar-refractivity contribution in [1.82, 2.24) is 5.32 Å². The highest BCUT2D eigenvalue weighted by Crippen LogP contribution is 2.34. The Morgan fingerprint density at radius 2 is 2.17 bits per heavy atom. The first kappa shape index (κ1) is 6.80. The van der Waals surface area contributed by atoms with Crippen LogP contribution in [0.15, 0.2) is 12.1 Å². The molecule has 0 bridgehead atoms. The molecule has 3 nitrogen and oxygen atoms in total. The highest BCUT2D eigenvalue weighted by atomic mass is 16.5. The molecule has 0 saturated carbocycles. The largest absolute Gasteiger partial charge is 0.489 e. The maximum Gasteiger partial charge on any atom is 0.142 e. The lowest BCUT2D eigenvalue weighted by atomic mass is 9.87. The van der Waals surface area contributed by atoms with Crippen molar-refractivity contribution >= 4 is 5.69 Å². The van der Waals surface area contributed by atoms with Crippen LogP contribution in [-0.4, -0.2) is 19.2 Å². The lowest BCUT2D eigenvalue weighted by Crippen LogP contribution is -2.27. The van der Waals surface area contributed by atoms with Gasteiger partial charge >= 0.3 is 0 Å². The molecule has 3 N–H and O–H groups in total. The van der Waals surface area contributed by atoms with Crippen molar-refractivity contribution in [2.45, 2.75) is 45.5 Å². The molecule has 0 aromatic heterocycles. The van der Waals surface area contributed by atoms with Gasteiger partial charge in [-0.05, 0) is 75.7 Å². The van der Waals surface area contributed by atoms with E-state index in [-0.39, 0.29) is 17.4 Å². The summed E-state index contributed by atoms with van der Waals surface area (Å²) in [5.41, 5.74) is 7.94. The van der Waals surface area contributed by atoms with Crippen LogP contribution in [0, 0.1) is 6.92 Å². The molecule has 0 radical (unpaired) electrons. The number of piperidine rings is 1. The fourth-order valence-corrected chi connectivity index (χ4v) is 2.50. The first-order valence-electron chi connectivity index (χ1n) is 9.66. The minimum atomic E-state index is -3.16. The van der Waals surface area contributed by atoms with Crippen molar-refractivity contribution in [1.29, 1.82) is 0 Å². The Bertz CT molecular complexity index is 608. The molecule has 18 heavy (non-hydrogen) atoms. The van der Waals surface area contributed by atoms with Gasteiger partial charge < -0.3 is 15.8 Å². The molecule has 0 amide bonds. The van der Waals surface area contributed by atoms with E-state index in [9.17, 15) is 0 Å². The van der Waals surface area contributed by atoms with Crippen LogP contribution in [0.4, 0.5) is 5.69 Å². The van der Waals surface area contributed by atoms with Crippen molar-refractivity contribution in [2.75, 3.05) is 18.8 Å². The summed E-state index contributed by atoms with van der Waals surface area (Å²) < 4.78 is 58.1. The number of nitrogens with two attached hydrogens (primary N) is 1. The number of hydrogen-bond donors (Lipinski definition) is 2. The molecular weight excluding hydrogens is 224 g/mol. The summed E-state index contributed by atoms with van der Waals surface area (Å²) in [6, 6.07) is 3.24. The van der Waals surface area contributed by atoms with Crippen LogP contribution in [-0.2, 0) is 0 Å². The molecule has 1 saturated heterocycles. The Kier molecular flexibility index (Phi) is 2.12. The number of nitrogen functional groups attached to an aromatic ring is 1. The molecule has 100 valence electrons. The zero-order valence-electron chi connectivity index (χ0n) is 17.5. The average Bonchev–Trinajstić information content (AvgIpc) is 2.48. The Morgan fingerprint density at radius 3 is 2.83 bits per heavy atom. The highest BCUT2D eigenvalue weighted by molar-refractivity contribution is 5.57. The smallest absolute Gasteiger partial charge is 0.142 e. The van der Waals surface area contributed by atoms with E-state index in [1.165, 1.54) is 0 Å². The number of aryl methyl sites for hydroxylation is 1. The highest BCUT2D eigenvalue weighted by Gasteiger charge is 2.19. The van der Waals surface area contributed by atoms with Crippen LogP contribution in [0.5, 0.6) is 5.75 Å². The van der Waals surface area contributed by atoms with Gasteiger partial charge in [-0.15, -0.1) is 0 Å². The first-order valence-corrected chi connectivity index (χ1v) is 6.16. The molecule has 2 rings (SSSR count). The average molecular weight is 255 g/mol. The second-order valence-electron chi connectivity index (χ2n) is 4.70. The predicted octanol–water partition coefficient (Wildman–Crippen LogP) is 2.83. The summed E-state index contributed by atoms with van der Waals surface area (Å²) in [6.07, 6.45) is -1.27. The van der Waals surface area contributed by atoms with Crippen molar-refractivity contribution < 1.29 is 14.3 Å². The number of hydrogen-bond acceptors (Lipinski definition) is 3. The van der Waals surface area contributed by atoms with Gasteiger partial charge in [0.15, 0.2) is 0 Å². The molecule has 1 aromatic rings. The third-order valence-electron chi connectivity index (χ3n) is 3.39. The Balaban J connectivity index is 2.44. The van der Waals surface area contributed by atoms with Crippen LogP contribution < -0.4 is 15.8 Å². The molecular formula is C15H24N2O. The normalized spacial score (nSPS) is 24.8. The van der Waals surface area contributed by atoms with Crippen LogP contribution >= 0.6 is 0 Å². The summed E-state index contributed by atoms with van der Waals surface area (Å²) in [5.74, 6) is 0.186. The van der Waals surface area contributed by atoms with Crippen LogP contribution in [0.1, 0.15) is 53.2 Å². The summed E-state index contributed by atoms with van der Waals surface area (Å²) in [4.78, 5) is 0. The van der Waals surface area contributed by atoms with Gasteiger partial charge in [-0.3, -0.25) is 0 Å². The molecule has 0 spiro atoms. The van der Waals surface area contributed by atoms with E-state index in [1.54, 1.807) is 12.1 Å². The molecule has 1 aliphatic rings. The van der Waals surface area contributed by atoms with Crippen molar-refractivity contribution in [2.24, 2.45) is 0 Å². The minimum Gasteiger partial charge on any atom is -0.489 e. The summed E-state index contributed by atoms with van der Waals surface area (Å²) in [6.45, 7) is -2.68. The van der Waals surface area contributed by atoms with E-state index >= 15 is 0 Å². The Labute approximate surface area is 120 Å². The van der Waals surface area contributed by atoms with E-state index in [1.807, 2.05) is 6.92 Å². The lowest BCUT2D eigenvalue weighted by Gasteiger charge is -2.25. The molecule has 3 heteroatoms. The zero-order chi connectivity index (χ0) is 19.0. The van der Waals surface area contributed by atoms with Crippen molar-refractivity contribution in [3.63, 3.8) is 0 Å². The fourth-order valence-electron chi connectivity index (χ4n) is 2.50. The van der Waals surface area contributed by atoms with E-state index in [0.29, 0.717) is 0 Å². The summed E-state index contributed by atoms with van der Waals surface area (Å²) in [7, 11) is 0. The maximum atomic E-state index is 8.01. The van der Waals surface area contributed by atoms with Gasteiger partial charge in [-0.1, -0.05) is 0 Å². The van der Waals surface area contributed by atoms with E-state index < -0.39 is 19.8 Å². The van der Waals surface area contributed by atoms with Gasteiger partial charge in [0.1, 0.15) is 5.75 Å². The number of anilines is 1. The molecule has 1 heterocycles. The van der Waals surface area contributed by atoms with Gasteiger partial charge in [0.05, 0.1) is 13.1 Å². The number of ether oxygens (including phenoxy) is 1. The number of nitrogens with one attached hydrogen (secondary N) is 1. The standard InChI is InChI=1S/C15H24N2O/c1-10(2)18-15-9-13(11(3)8-14(15)16)12-4-6-17-7-5-12/h8-10,12,17H,4-7,16H2,1-3H3/i1D3,2D3,10D. The van der Waals surface area contributed by atoms with Gasteiger partial charge in [0.2, 0.25) is 0 Å². The van der Waals surface area contributed by atoms with Gasteiger partial charge in [-0.2, -0.15) is 0 Å². The van der Waals surface area contributed by atoms with Crippen LogP contribution in [0.3, 0.4) is 0 Å². The first-order chi connectivity index (χ1) is 11.4. The third-order valence-corrected chi connectivity index (χ3v) is 3.39. The predicted molar refractivity (Wildman–Crippen MR) is 76.2 cm³/mol. The van der Waals surface area contributed by atoms with Gasteiger partial charge in [0.25, 0.3) is 0 Å². The Hall–Kier alpha value is -1.22. The second kappa shape index (κ2) is 5.61. The molecule has 1 aromatic carbocycles. The number of benzene rings is 1. The SMILES string of the molecule is [2H]C([2H])([2H])C([2H])(Oc1cc(C2CCNCC2)c(C)cc1N)C([2H])([2H])[2H]. The van der Waals surface area contributed by atoms with Gasteiger partial charge in [0, 0.05) is 8.22 Å². The maximum absolute atomic E-state index is 8.01. The topological polar surface area (TPSA) is 47.3 Å². The quantitative estimate of drug-likeness (QED) is 0.817. The molecule has 0 atom stereocenters. The summed E-state index contributed by atoms with van der Waals surface area (Å²) >= 11 is 0. The second-order valence-corrected chi connectivity index (χ2v) is 4.70. The minimum absolute atomic E-state index is 0.0682.